The highest BCUT2D eigenvalue weighted by atomic mass is 16.6. The number of allylic oxidation sites excluding steroid dienone is 1. The molecule has 4 aromatic rings. The van der Waals surface area contributed by atoms with Crippen LogP contribution in [0.1, 0.15) is 25.0 Å². The molecule has 0 aliphatic heterocycles. The van der Waals surface area contributed by atoms with Crippen LogP contribution in [0.5, 0.6) is 11.5 Å². The van der Waals surface area contributed by atoms with Crippen LogP contribution in [0, 0.1) is 17.0 Å². The van der Waals surface area contributed by atoms with Crippen molar-refractivity contribution in [3.05, 3.63) is 88.2 Å². The Morgan fingerprint density at radius 3 is 2.58 bits per heavy atom. The number of nitro groups is 1. The third-order valence-electron chi connectivity index (χ3n) is 5.83. The molecule has 8 nitrogen and oxygen atoms in total. The molecule has 0 radical (unpaired) electrons. The first kappa shape index (κ1) is 24.5. The molecule has 0 fully saturated rings. The summed E-state index contributed by atoms with van der Waals surface area (Å²) in [5, 5.41) is 14.6. The normalized spacial score (nSPS) is 11.4. The van der Waals surface area contributed by atoms with Gasteiger partial charge in [-0.25, -0.2) is 0 Å². The van der Waals surface area contributed by atoms with Crippen LogP contribution in [0.2, 0.25) is 0 Å². The number of amides is 1. The van der Waals surface area contributed by atoms with E-state index in [1.807, 2.05) is 51.1 Å². The van der Waals surface area contributed by atoms with Crippen molar-refractivity contribution in [1.82, 2.24) is 0 Å². The van der Waals surface area contributed by atoms with E-state index < -0.39 is 10.8 Å². The summed E-state index contributed by atoms with van der Waals surface area (Å²) < 4.78 is 17.2. The maximum atomic E-state index is 12.8. The zero-order valence-corrected chi connectivity index (χ0v) is 20.5. The van der Waals surface area contributed by atoms with Gasteiger partial charge in [0.05, 0.1) is 24.9 Å². The summed E-state index contributed by atoms with van der Waals surface area (Å²) in [5.41, 5.74) is 5.09. The number of methoxy groups -OCH3 is 1. The molecule has 0 saturated carbocycles. The molecular weight excluding hydrogens is 460 g/mol. The van der Waals surface area contributed by atoms with E-state index in [0.29, 0.717) is 29.2 Å². The molecule has 3 aromatic carbocycles. The molecular formula is C28H26N2O6. The van der Waals surface area contributed by atoms with Gasteiger partial charge in [0.1, 0.15) is 17.1 Å². The van der Waals surface area contributed by atoms with Gasteiger partial charge in [-0.2, -0.15) is 0 Å². The highest BCUT2D eigenvalue weighted by Gasteiger charge is 2.19. The highest BCUT2D eigenvalue weighted by Crippen LogP contribution is 2.41. The average molecular weight is 487 g/mol. The molecule has 0 atom stereocenters. The number of furan rings is 1. The van der Waals surface area contributed by atoms with Crippen LogP contribution in [0.3, 0.4) is 0 Å². The number of nitro benzene ring substituents is 1. The van der Waals surface area contributed by atoms with Gasteiger partial charge in [-0.15, -0.1) is 0 Å². The van der Waals surface area contributed by atoms with Crippen LogP contribution >= 0.6 is 0 Å². The Hall–Kier alpha value is -4.59. The zero-order valence-electron chi connectivity index (χ0n) is 20.5. The number of nitrogens with zero attached hydrogens (tertiary/aromatic N) is 1. The van der Waals surface area contributed by atoms with Gasteiger partial charge in [0, 0.05) is 46.0 Å². The number of carbonyl (C=O) groups is 1. The van der Waals surface area contributed by atoms with Crippen LogP contribution in [0.25, 0.3) is 27.7 Å². The predicted octanol–water partition coefficient (Wildman–Crippen LogP) is 6.77. The number of anilines is 1. The molecule has 0 aliphatic carbocycles. The van der Waals surface area contributed by atoms with Crippen molar-refractivity contribution >= 4 is 33.8 Å². The Bertz CT molecular complexity index is 1470. The fourth-order valence-corrected chi connectivity index (χ4v) is 4.08. The molecule has 0 spiro atoms. The van der Waals surface area contributed by atoms with Crippen molar-refractivity contribution in [2.75, 3.05) is 19.0 Å². The first-order valence-corrected chi connectivity index (χ1v) is 11.4. The third kappa shape index (κ3) is 4.93. The maximum absolute atomic E-state index is 12.8. The summed E-state index contributed by atoms with van der Waals surface area (Å²) in [6, 6.07) is 15.5. The lowest BCUT2D eigenvalue weighted by molar-refractivity contribution is -0.384. The fourth-order valence-electron chi connectivity index (χ4n) is 4.08. The molecule has 184 valence electrons. The predicted molar refractivity (Wildman–Crippen MR) is 139 cm³/mol. The first-order valence-electron chi connectivity index (χ1n) is 11.4. The van der Waals surface area contributed by atoms with Gasteiger partial charge in [-0.1, -0.05) is 18.2 Å². The smallest absolute Gasteiger partial charge is 0.271 e. The topological polar surface area (TPSA) is 104 Å². The van der Waals surface area contributed by atoms with Gasteiger partial charge in [0.2, 0.25) is 5.91 Å². The van der Waals surface area contributed by atoms with Crippen LogP contribution in [-0.2, 0) is 4.79 Å². The average Bonchev–Trinajstić information content (AvgIpc) is 3.30. The number of aryl methyl sites for hydroxylation is 1. The molecule has 1 aromatic heterocycles. The van der Waals surface area contributed by atoms with E-state index in [0.717, 1.165) is 33.4 Å². The fraction of sp³-hybridized carbons (Fsp3) is 0.179. The lowest BCUT2D eigenvalue weighted by Crippen LogP contribution is -2.09. The summed E-state index contributed by atoms with van der Waals surface area (Å²) in [5.74, 6) is 0.990. The lowest BCUT2D eigenvalue weighted by Gasteiger charge is -2.15. The molecule has 36 heavy (non-hydrogen) atoms. The van der Waals surface area contributed by atoms with Gasteiger partial charge < -0.3 is 19.2 Å². The Morgan fingerprint density at radius 2 is 1.92 bits per heavy atom. The van der Waals surface area contributed by atoms with Gasteiger partial charge in [0.15, 0.2) is 0 Å². The highest BCUT2D eigenvalue weighted by molar-refractivity contribution is 6.06. The number of carbonyl (C=O) groups excluding carboxylic acids is 1. The standard InChI is InChI=1S/C28H26N2O6/c1-5-35-27-18(3)28-24(25(16-36-28)19-9-11-22(34-4)12-10-19)15-23(27)17(2)13-26(31)29-20-7-6-8-21(14-20)30(32)33/h6-16H,5H2,1-4H3,(H,29,31)/b17-13+. The number of hydrogen-bond donors (Lipinski definition) is 1. The molecule has 1 amide bonds. The Kier molecular flexibility index (Phi) is 7.05. The number of ether oxygens (including phenoxy) is 2. The number of fused-ring (bicyclic) bond motifs is 1. The summed E-state index contributed by atoms with van der Waals surface area (Å²) >= 11 is 0. The Labute approximate surface area is 208 Å². The van der Waals surface area contributed by atoms with Crippen LogP contribution in [0.15, 0.2) is 71.4 Å². The van der Waals surface area contributed by atoms with E-state index in [-0.39, 0.29) is 5.69 Å². The molecule has 0 aliphatic rings. The molecule has 0 bridgehead atoms. The summed E-state index contributed by atoms with van der Waals surface area (Å²) in [7, 11) is 1.62. The number of benzene rings is 3. The SMILES string of the molecule is CCOc1c(/C(C)=C/C(=O)Nc2cccc([N+](=O)[O-])c2)cc2c(-c3ccc(OC)cc3)coc2c1C. The van der Waals surface area contributed by atoms with Gasteiger partial charge >= 0.3 is 0 Å². The van der Waals surface area contributed by atoms with Gasteiger partial charge in [-0.3, -0.25) is 14.9 Å². The summed E-state index contributed by atoms with van der Waals surface area (Å²) in [6.07, 6.45) is 3.17. The molecule has 0 unspecified atom stereocenters. The van der Waals surface area contributed by atoms with E-state index in [4.69, 9.17) is 13.9 Å². The minimum absolute atomic E-state index is 0.0979. The van der Waals surface area contributed by atoms with Crippen LogP contribution < -0.4 is 14.8 Å². The summed E-state index contributed by atoms with van der Waals surface area (Å²) in [6.45, 7) is 6.09. The minimum Gasteiger partial charge on any atom is -0.497 e. The summed E-state index contributed by atoms with van der Waals surface area (Å²) in [4.78, 5) is 23.3. The van der Waals surface area contributed by atoms with Gasteiger partial charge in [0.25, 0.3) is 5.69 Å². The quantitative estimate of drug-likeness (QED) is 0.167. The van der Waals surface area contributed by atoms with Crippen molar-refractivity contribution in [3.63, 3.8) is 0 Å². The molecule has 4 rings (SSSR count). The van der Waals surface area contributed by atoms with Crippen molar-refractivity contribution in [2.45, 2.75) is 20.8 Å². The molecule has 1 heterocycles. The number of non-ortho nitro benzene ring substituents is 1. The monoisotopic (exact) mass is 486 g/mol. The van der Waals surface area contributed by atoms with Crippen LogP contribution in [0.4, 0.5) is 11.4 Å². The second kappa shape index (κ2) is 10.4. The van der Waals surface area contributed by atoms with Crippen molar-refractivity contribution in [2.24, 2.45) is 0 Å². The van der Waals surface area contributed by atoms with Crippen molar-refractivity contribution < 1.29 is 23.6 Å². The van der Waals surface area contributed by atoms with Crippen molar-refractivity contribution in [3.8, 4) is 22.6 Å². The second-order valence-corrected chi connectivity index (χ2v) is 8.19. The second-order valence-electron chi connectivity index (χ2n) is 8.19. The Balaban J connectivity index is 1.74. The number of hydrogen-bond acceptors (Lipinski definition) is 6. The molecule has 0 saturated heterocycles. The zero-order chi connectivity index (χ0) is 25.8. The van der Waals surface area contributed by atoms with E-state index in [1.165, 1.54) is 24.3 Å². The van der Waals surface area contributed by atoms with E-state index in [1.54, 1.807) is 19.4 Å². The number of nitrogens with one attached hydrogen (secondary N) is 1. The first-order chi connectivity index (χ1) is 17.3. The lowest BCUT2D eigenvalue weighted by atomic mass is 9.96. The minimum atomic E-state index is -0.506. The Morgan fingerprint density at radius 1 is 1.17 bits per heavy atom. The maximum Gasteiger partial charge on any atom is 0.271 e. The van der Waals surface area contributed by atoms with E-state index in [2.05, 4.69) is 5.32 Å². The van der Waals surface area contributed by atoms with E-state index in [9.17, 15) is 14.9 Å². The third-order valence-corrected chi connectivity index (χ3v) is 5.83. The van der Waals surface area contributed by atoms with Crippen molar-refractivity contribution in [1.29, 1.82) is 0 Å². The van der Waals surface area contributed by atoms with Crippen LogP contribution in [-0.4, -0.2) is 24.5 Å². The van der Waals surface area contributed by atoms with E-state index >= 15 is 0 Å². The largest absolute Gasteiger partial charge is 0.497 e. The number of rotatable bonds is 8. The molecule has 1 N–H and O–H groups in total. The molecule has 8 heteroatoms. The van der Waals surface area contributed by atoms with Gasteiger partial charge in [-0.05, 0) is 56.2 Å².